The lowest BCUT2D eigenvalue weighted by molar-refractivity contribution is 0.0670. The Labute approximate surface area is 148 Å². The van der Waals surface area contributed by atoms with Crippen LogP contribution in [0.1, 0.15) is 10.6 Å². The van der Waals surface area contributed by atoms with Gasteiger partial charge in [0, 0.05) is 13.1 Å². The molecule has 2 N–H and O–H groups in total. The largest absolute Gasteiger partial charge is 0.459 e. The Balaban J connectivity index is 2.00. The first-order valence-corrected chi connectivity index (χ1v) is 7.96. The lowest BCUT2D eigenvalue weighted by Crippen LogP contribution is -2.59. The first-order chi connectivity index (χ1) is 10.4. The van der Waals surface area contributed by atoms with E-state index in [1.807, 2.05) is 4.90 Å². The lowest BCUT2D eigenvalue weighted by atomic mass is 10.4. The zero-order valence-corrected chi connectivity index (χ0v) is 14.4. The molecule has 0 unspecified atom stereocenters. The minimum Gasteiger partial charge on any atom is -0.459 e. The summed E-state index contributed by atoms with van der Waals surface area (Å²) in [5.74, 6) is -0.406. The van der Waals surface area contributed by atoms with Gasteiger partial charge in [0.2, 0.25) is 3.79 Å². The number of alkyl halides is 3. The molecule has 1 fully saturated rings. The summed E-state index contributed by atoms with van der Waals surface area (Å²) in [6, 6.07) is 3.09. The van der Waals surface area contributed by atoms with Crippen LogP contribution in [0.25, 0.3) is 0 Å². The van der Waals surface area contributed by atoms with Crippen LogP contribution in [0.2, 0.25) is 0 Å². The van der Waals surface area contributed by atoms with Gasteiger partial charge < -0.3 is 24.7 Å². The minimum absolute atomic E-state index is 0.110. The Hall–Kier alpha value is -0.730. The molecule has 0 aliphatic carbocycles. The SMILES string of the molecule is O=C(N[C@H](NC(=S)N1CCOCC1)C(Cl)(Cl)Cl)c1ccco1. The van der Waals surface area contributed by atoms with Gasteiger partial charge in [-0.3, -0.25) is 4.79 Å². The fraction of sp³-hybridized carbons (Fsp3) is 0.500. The maximum absolute atomic E-state index is 12.0. The van der Waals surface area contributed by atoms with Crippen molar-refractivity contribution in [3.63, 3.8) is 0 Å². The van der Waals surface area contributed by atoms with E-state index in [0.717, 1.165) is 0 Å². The van der Waals surface area contributed by atoms with Gasteiger partial charge in [0.05, 0.1) is 19.5 Å². The summed E-state index contributed by atoms with van der Waals surface area (Å²) in [4.78, 5) is 13.9. The number of nitrogens with one attached hydrogen (secondary N) is 2. The standard InChI is InChI=1S/C12H14Cl3N3O3S/c13-12(14,15)10(16-9(19)8-2-1-5-21-8)17-11(22)18-3-6-20-7-4-18/h1-2,5,10H,3-4,6-7H2,(H,16,19)(H,17,22)/t10-/m1/s1. The summed E-state index contributed by atoms with van der Waals surface area (Å²) in [6.07, 6.45) is 0.371. The number of hydrogen-bond acceptors (Lipinski definition) is 4. The number of amides is 1. The van der Waals surface area contributed by atoms with Crippen LogP contribution < -0.4 is 10.6 Å². The van der Waals surface area contributed by atoms with Gasteiger partial charge in [-0.05, 0) is 24.4 Å². The van der Waals surface area contributed by atoms with E-state index in [1.165, 1.54) is 12.3 Å². The molecule has 0 aromatic carbocycles. The molecule has 1 aliphatic rings. The van der Waals surface area contributed by atoms with Crippen molar-refractivity contribution in [2.45, 2.75) is 9.96 Å². The molecule has 1 amide bonds. The Bertz CT molecular complexity index is 515. The number of carbonyl (C=O) groups is 1. The number of rotatable bonds is 3. The number of nitrogens with zero attached hydrogens (tertiary/aromatic N) is 1. The summed E-state index contributed by atoms with van der Waals surface area (Å²) < 4.78 is 8.45. The molecule has 1 aromatic rings. The second-order valence-corrected chi connectivity index (χ2v) is 7.23. The van der Waals surface area contributed by atoms with E-state index in [0.29, 0.717) is 31.4 Å². The van der Waals surface area contributed by atoms with Crippen molar-refractivity contribution in [1.82, 2.24) is 15.5 Å². The molecule has 1 aliphatic heterocycles. The molecule has 1 atom stereocenters. The number of hydrogen-bond donors (Lipinski definition) is 2. The molecule has 0 saturated carbocycles. The highest BCUT2D eigenvalue weighted by molar-refractivity contribution is 7.80. The number of halogens is 3. The second-order valence-electron chi connectivity index (χ2n) is 4.47. The number of furan rings is 1. The highest BCUT2D eigenvalue weighted by atomic mass is 35.6. The van der Waals surface area contributed by atoms with Gasteiger partial charge in [0.15, 0.2) is 10.9 Å². The molecule has 1 saturated heterocycles. The van der Waals surface area contributed by atoms with Crippen LogP contribution >= 0.6 is 47.0 Å². The van der Waals surface area contributed by atoms with E-state index in [9.17, 15) is 4.79 Å². The summed E-state index contributed by atoms with van der Waals surface area (Å²) in [5.41, 5.74) is 0. The van der Waals surface area contributed by atoms with Crippen molar-refractivity contribution in [3.8, 4) is 0 Å². The maximum Gasteiger partial charge on any atom is 0.288 e. The van der Waals surface area contributed by atoms with Crippen molar-refractivity contribution < 1.29 is 13.9 Å². The number of thiocarbonyl (C=S) groups is 1. The number of carbonyl (C=O) groups excluding carboxylic acids is 1. The van der Waals surface area contributed by atoms with Gasteiger partial charge in [-0.2, -0.15) is 0 Å². The molecule has 2 heterocycles. The Morgan fingerprint density at radius 2 is 2.00 bits per heavy atom. The minimum atomic E-state index is -1.79. The Kier molecular flexibility index (Phi) is 6.17. The fourth-order valence-electron chi connectivity index (χ4n) is 1.79. The Morgan fingerprint density at radius 1 is 1.32 bits per heavy atom. The lowest BCUT2D eigenvalue weighted by Gasteiger charge is -2.33. The van der Waals surface area contributed by atoms with E-state index < -0.39 is 15.9 Å². The number of morpholine rings is 1. The molecular weight excluding hydrogens is 373 g/mol. The monoisotopic (exact) mass is 385 g/mol. The third-order valence-corrected chi connectivity index (χ3v) is 3.94. The molecule has 1 aromatic heterocycles. The number of ether oxygens (including phenoxy) is 1. The van der Waals surface area contributed by atoms with Crippen molar-refractivity contribution in [1.29, 1.82) is 0 Å². The third kappa shape index (κ3) is 4.89. The molecule has 0 spiro atoms. The predicted molar refractivity (Wildman–Crippen MR) is 88.4 cm³/mol. The van der Waals surface area contributed by atoms with Crippen LogP contribution in [-0.4, -0.2) is 52.2 Å². The third-order valence-electron chi connectivity index (χ3n) is 2.91. The van der Waals surface area contributed by atoms with Gasteiger partial charge in [-0.25, -0.2) is 0 Å². The molecule has 0 bridgehead atoms. The smallest absolute Gasteiger partial charge is 0.288 e. The van der Waals surface area contributed by atoms with E-state index in [-0.39, 0.29) is 5.76 Å². The van der Waals surface area contributed by atoms with E-state index in [1.54, 1.807) is 6.07 Å². The first kappa shape index (κ1) is 17.6. The van der Waals surface area contributed by atoms with Crippen molar-refractivity contribution >= 4 is 58.0 Å². The molecule has 22 heavy (non-hydrogen) atoms. The average Bonchev–Trinajstić information content (AvgIpc) is 3.00. The zero-order chi connectivity index (χ0) is 16.2. The first-order valence-electron chi connectivity index (χ1n) is 6.42. The van der Waals surface area contributed by atoms with E-state index >= 15 is 0 Å². The van der Waals surface area contributed by atoms with Crippen LogP contribution in [-0.2, 0) is 4.74 Å². The molecule has 0 radical (unpaired) electrons. The maximum atomic E-state index is 12.0. The van der Waals surface area contributed by atoms with E-state index in [2.05, 4.69) is 10.6 Å². The molecule has 2 rings (SSSR count). The average molecular weight is 387 g/mol. The van der Waals surface area contributed by atoms with Gasteiger partial charge in [-0.15, -0.1) is 0 Å². The predicted octanol–water partition coefficient (Wildman–Crippen LogP) is 1.91. The molecule has 122 valence electrons. The van der Waals surface area contributed by atoms with Gasteiger partial charge in [0.25, 0.3) is 5.91 Å². The summed E-state index contributed by atoms with van der Waals surface area (Å²) >= 11 is 23.0. The van der Waals surface area contributed by atoms with Crippen molar-refractivity contribution in [2.24, 2.45) is 0 Å². The van der Waals surface area contributed by atoms with Crippen LogP contribution in [0.15, 0.2) is 22.8 Å². The second kappa shape index (κ2) is 7.70. The van der Waals surface area contributed by atoms with Crippen LogP contribution in [0.3, 0.4) is 0 Å². The summed E-state index contributed by atoms with van der Waals surface area (Å²) in [6.45, 7) is 2.40. The van der Waals surface area contributed by atoms with Crippen LogP contribution in [0.4, 0.5) is 0 Å². The molecule has 10 heteroatoms. The summed E-state index contributed by atoms with van der Waals surface area (Å²) in [7, 11) is 0. The van der Waals surface area contributed by atoms with Gasteiger partial charge in [0.1, 0.15) is 6.17 Å². The topological polar surface area (TPSA) is 66.7 Å². The highest BCUT2D eigenvalue weighted by Crippen LogP contribution is 2.29. The molecular formula is C12H14Cl3N3O3S. The summed E-state index contributed by atoms with van der Waals surface area (Å²) in [5, 5.41) is 5.77. The Morgan fingerprint density at radius 3 is 2.55 bits per heavy atom. The van der Waals surface area contributed by atoms with E-state index in [4.69, 9.17) is 56.2 Å². The zero-order valence-electron chi connectivity index (χ0n) is 11.4. The highest BCUT2D eigenvalue weighted by Gasteiger charge is 2.36. The van der Waals surface area contributed by atoms with Gasteiger partial charge in [-0.1, -0.05) is 34.8 Å². The van der Waals surface area contributed by atoms with Crippen LogP contribution in [0, 0.1) is 0 Å². The molecule has 6 nitrogen and oxygen atoms in total. The van der Waals surface area contributed by atoms with Gasteiger partial charge >= 0.3 is 0 Å². The van der Waals surface area contributed by atoms with Crippen molar-refractivity contribution in [3.05, 3.63) is 24.2 Å². The quantitative estimate of drug-likeness (QED) is 0.470. The van der Waals surface area contributed by atoms with Crippen LogP contribution in [0.5, 0.6) is 0 Å². The van der Waals surface area contributed by atoms with Crippen molar-refractivity contribution in [2.75, 3.05) is 26.3 Å². The fourth-order valence-corrected chi connectivity index (χ4v) is 2.42. The normalized spacial score (nSPS) is 17.0.